The Labute approximate surface area is 181 Å². The van der Waals surface area contributed by atoms with Gasteiger partial charge in [0.15, 0.2) is 5.69 Å². The average Bonchev–Trinajstić information content (AvgIpc) is 3.20. The van der Waals surface area contributed by atoms with Crippen molar-refractivity contribution in [1.29, 1.82) is 0 Å². The minimum atomic E-state index is -4.87. The molecular formula is C21H20F3N5O3. The van der Waals surface area contributed by atoms with E-state index in [9.17, 15) is 22.8 Å². The van der Waals surface area contributed by atoms with Gasteiger partial charge in [-0.15, -0.1) is 0 Å². The van der Waals surface area contributed by atoms with Gasteiger partial charge in [0.25, 0.3) is 5.91 Å². The first kappa shape index (κ1) is 22.8. The van der Waals surface area contributed by atoms with Crippen LogP contribution in [0, 0.1) is 0 Å². The van der Waals surface area contributed by atoms with Crippen LogP contribution in [0.15, 0.2) is 48.8 Å². The molecule has 2 aromatic heterocycles. The van der Waals surface area contributed by atoms with Gasteiger partial charge < -0.3 is 15.0 Å². The van der Waals surface area contributed by atoms with Crippen LogP contribution in [0.2, 0.25) is 0 Å². The third kappa shape index (κ3) is 4.71. The highest BCUT2D eigenvalue weighted by molar-refractivity contribution is 6.07. The predicted octanol–water partition coefficient (Wildman–Crippen LogP) is 3.78. The third-order valence-corrected chi connectivity index (χ3v) is 4.34. The molecule has 32 heavy (non-hydrogen) atoms. The molecule has 8 nitrogen and oxygen atoms in total. The molecular weight excluding hydrogens is 427 g/mol. The Bertz CT molecular complexity index is 1140. The fourth-order valence-corrected chi connectivity index (χ4v) is 3.02. The van der Waals surface area contributed by atoms with E-state index in [2.05, 4.69) is 15.4 Å². The van der Waals surface area contributed by atoms with Crippen molar-refractivity contribution in [3.63, 3.8) is 0 Å². The molecule has 11 heteroatoms. The standard InChI is InChI=1S/C21H20F3N5O3/c1-4-32-20(31)16-12-26-29(17(16)21(22,23)24)14-8-5-7-13(11-14)27-19(30)15-9-6-10-25-18(15)28(2)3/h5-12H,4H2,1-3H3,(H,27,30). The van der Waals surface area contributed by atoms with Crippen LogP contribution in [0.1, 0.15) is 33.3 Å². The highest BCUT2D eigenvalue weighted by Crippen LogP contribution is 2.34. The molecule has 2 heterocycles. The highest BCUT2D eigenvalue weighted by Gasteiger charge is 2.41. The van der Waals surface area contributed by atoms with E-state index in [1.807, 2.05) is 0 Å². The summed E-state index contributed by atoms with van der Waals surface area (Å²) in [5, 5.41) is 6.39. The number of ether oxygens (including phenoxy) is 1. The lowest BCUT2D eigenvalue weighted by molar-refractivity contribution is -0.143. The maximum atomic E-state index is 13.7. The summed E-state index contributed by atoms with van der Waals surface area (Å²) in [6.07, 6.45) is -2.51. The second-order valence-corrected chi connectivity index (χ2v) is 6.81. The smallest absolute Gasteiger partial charge is 0.434 e. The molecule has 0 aliphatic heterocycles. The van der Waals surface area contributed by atoms with Crippen molar-refractivity contribution in [2.24, 2.45) is 0 Å². The molecule has 0 atom stereocenters. The summed E-state index contributed by atoms with van der Waals surface area (Å²) in [5.41, 5.74) is -1.42. The van der Waals surface area contributed by atoms with Gasteiger partial charge in [0.1, 0.15) is 11.4 Å². The van der Waals surface area contributed by atoms with Gasteiger partial charge in [-0.3, -0.25) is 4.79 Å². The lowest BCUT2D eigenvalue weighted by atomic mass is 10.2. The molecule has 0 radical (unpaired) electrons. The summed E-state index contributed by atoms with van der Waals surface area (Å²) in [5.74, 6) is -1.17. The molecule has 1 amide bonds. The molecule has 3 aromatic rings. The Hall–Kier alpha value is -3.89. The fourth-order valence-electron chi connectivity index (χ4n) is 3.02. The summed E-state index contributed by atoms with van der Waals surface area (Å²) in [7, 11) is 3.47. The number of halogens is 3. The van der Waals surface area contributed by atoms with Crippen LogP contribution in [-0.2, 0) is 10.9 Å². The number of hydrogen-bond donors (Lipinski definition) is 1. The number of rotatable bonds is 6. The molecule has 0 aliphatic rings. The van der Waals surface area contributed by atoms with Gasteiger partial charge >= 0.3 is 12.1 Å². The number of alkyl halides is 3. The van der Waals surface area contributed by atoms with Crippen molar-refractivity contribution < 1.29 is 27.5 Å². The van der Waals surface area contributed by atoms with Crippen molar-refractivity contribution in [1.82, 2.24) is 14.8 Å². The second-order valence-electron chi connectivity index (χ2n) is 6.81. The SMILES string of the molecule is CCOC(=O)c1cnn(-c2cccc(NC(=O)c3cccnc3N(C)C)c2)c1C(F)(F)F. The summed E-state index contributed by atoms with van der Waals surface area (Å²) < 4.78 is 46.5. The van der Waals surface area contributed by atoms with Crippen LogP contribution in [0.25, 0.3) is 5.69 Å². The number of benzene rings is 1. The monoisotopic (exact) mass is 447 g/mol. The number of anilines is 2. The molecule has 1 N–H and O–H groups in total. The number of carbonyl (C=O) groups is 2. The van der Waals surface area contributed by atoms with Crippen LogP contribution < -0.4 is 10.2 Å². The normalized spacial score (nSPS) is 11.2. The summed E-state index contributed by atoms with van der Waals surface area (Å²) in [6.45, 7) is 1.41. The topological polar surface area (TPSA) is 89.3 Å². The molecule has 168 valence electrons. The van der Waals surface area contributed by atoms with E-state index in [1.165, 1.54) is 31.2 Å². The molecule has 0 spiro atoms. The van der Waals surface area contributed by atoms with E-state index in [-0.39, 0.29) is 18.0 Å². The van der Waals surface area contributed by atoms with Crippen molar-refractivity contribution in [3.05, 3.63) is 65.6 Å². The van der Waals surface area contributed by atoms with Gasteiger partial charge in [-0.05, 0) is 37.3 Å². The Kier molecular flexibility index (Phi) is 6.47. The quantitative estimate of drug-likeness (QED) is 0.579. The number of amides is 1. The van der Waals surface area contributed by atoms with Crippen LogP contribution in [0.4, 0.5) is 24.7 Å². The van der Waals surface area contributed by atoms with Crippen LogP contribution >= 0.6 is 0 Å². The highest BCUT2D eigenvalue weighted by atomic mass is 19.4. The Morgan fingerprint density at radius 3 is 2.56 bits per heavy atom. The molecule has 1 aromatic carbocycles. The largest absolute Gasteiger partial charge is 0.462 e. The number of nitrogens with one attached hydrogen (secondary N) is 1. The van der Waals surface area contributed by atoms with Crippen molar-refractivity contribution in [2.45, 2.75) is 13.1 Å². The first-order chi connectivity index (χ1) is 15.1. The zero-order valence-electron chi connectivity index (χ0n) is 17.5. The number of esters is 1. The predicted molar refractivity (Wildman–Crippen MR) is 111 cm³/mol. The Balaban J connectivity index is 1.97. The summed E-state index contributed by atoms with van der Waals surface area (Å²) >= 11 is 0. The maximum Gasteiger partial charge on any atom is 0.434 e. The molecule has 0 fully saturated rings. The zero-order valence-corrected chi connectivity index (χ0v) is 17.5. The van der Waals surface area contributed by atoms with Gasteiger partial charge in [0.2, 0.25) is 0 Å². The van der Waals surface area contributed by atoms with Crippen LogP contribution in [0.3, 0.4) is 0 Å². The van der Waals surface area contributed by atoms with Gasteiger partial charge in [-0.25, -0.2) is 14.5 Å². The molecule has 0 saturated heterocycles. The first-order valence-electron chi connectivity index (χ1n) is 9.50. The van der Waals surface area contributed by atoms with Crippen molar-refractivity contribution in [2.75, 3.05) is 30.9 Å². The van der Waals surface area contributed by atoms with Gasteiger partial charge in [-0.2, -0.15) is 18.3 Å². The van der Waals surface area contributed by atoms with E-state index in [0.717, 1.165) is 6.20 Å². The Morgan fingerprint density at radius 1 is 1.16 bits per heavy atom. The minimum Gasteiger partial charge on any atom is -0.462 e. The molecule has 0 aliphatic carbocycles. The summed E-state index contributed by atoms with van der Waals surface area (Å²) in [4.78, 5) is 30.5. The Morgan fingerprint density at radius 2 is 1.91 bits per heavy atom. The number of hydrogen-bond acceptors (Lipinski definition) is 6. The number of pyridine rings is 1. The van der Waals surface area contributed by atoms with Crippen LogP contribution in [-0.4, -0.2) is 47.3 Å². The molecule has 0 saturated carbocycles. The van der Waals surface area contributed by atoms with Crippen molar-refractivity contribution in [3.8, 4) is 5.69 Å². The number of carbonyl (C=O) groups excluding carboxylic acids is 2. The van der Waals surface area contributed by atoms with E-state index in [0.29, 0.717) is 16.1 Å². The molecule has 0 bridgehead atoms. The van der Waals surface area contributed by atoms with Crippen LogP contribution in [0.5, 0.6) is 0 Å². The first-order valence-corrected chi connectivity index (χ1v) is 9.50. The van der Waals surface area contributed by atoms with E-state index in [4.69, 9.17) is 4.74 Å². The average molecular weight is 447 g/mol. The summed E-state index contributed by atoms with van der Waals surface area (Å²) in [6, 6.07) is 8.88. The zero-order chi connectivity index (χ0) is 23.5. The molecule has 3 rings (SSSR count). The lowest BCUT2D eigenvalue weighted by Gasteiger charge is -2.16. The maximum absolute atomic E-state index is 13.7. The third-order valence-electron chi connectivity index (χ3n) is 4.34. The lowest BCUT2D eigenvalue weighted by Crippen LogP contribution is -2.20. The van der Waals surface area contributed by atoms with Crippen molar-refractivity contribution >= 4 is 23.4 Å². The fraction of sp³-hybridized carbons (Fsp3) is 0.238. The number of nitrogens with zero attached hydrogens (tertiary/aromatic N) is 4. The minimum absolute atomic E-state index is 0.00435. The van der Waals surface area contributed by atoms with Gasteiger partial charge in [0, 0.05) is 26.0 Å². The molecule has 0 unspecified atom stereocenters. The van der Waals surface area contributed by atoms with E-state index >= 15 is 0 Å². The van der Waals surface area contributed by atoms with E-state index < -0.39 is 29.3 Å². The second kappa shape index (κ2) is 9.08. The van der Waals surface area contributed by atoms with E-state index in [1.54, 1.807) is 37.3 Å². The van der Waals surface area contributed by atoms with Gasteiger partial charge in [-0.1, -0.05) is 6.07 Å². The number of aromatic nitrogens is 3. The van der Waals surface area contributed by atoms with Gasteiger partial charge in [0.05, 0.1) is 24.1 Å².